The number of ether oxygens (including phenoxy) is 3. The highest BCUT2D eigenvalue weighted by Gasteiger charge is 2.34. The molecule has 40 heavy (non-hydrogen) atoms. The summed E-state index contributed by atoms with van der Waals surface area (Å²) < 4.78 is 17.0. The lowest BCUT2D eigenvalue weighted by Crippen LogP contribution is -2.39. The Balaban J connectivity index is 1.70. The van der Waals surface area contributed by atoms with Crippen LogP contribution >= 0.6 is 11.6 Å². The maximum absolute atomic E-state index is 12.9. The second kappa shape index (κ2) is 13.1. The van der Waals surface area contributed by atoms with Gasteiger partial charge in [0.15, 0.2) is 0 Å². The Labute approximate surface area is 242 Å². The van der Waals surface area contributed by atoms with Crippen molar-refractivity contribution in [2.45, 2.75) is 77.4 Å². The lowest BCUT2D eigenvalue weighted by molar-refractivity contribution is -0.158. The first-order valence-electron chi connectivity index (χ1n) is 14.1. The van der Waals surface area contributed by atoms with E-state index < -0.39 is 23.5 Å². The molecular formula is C32H40ClNO6. The first-order chi connectivity index (χ1) is 19.1. The molecule has 0 aromatic heterocycles. The number of esters is 2. The summed E-state index contributed by atoms with van der Waals surface area (Å²) >= 11 is 6.29. The van der Waals surface area contributed by atoms with Crippen LogP contribution in [-0.2, 0) is 36.9 Å². The third-order valence-corrected chi connectivity index (χ3v) is 8.02. The van der Waals surface area contributed by atoms with Gasteiger partial charge in [0.2, 0.25) is 0 Å². The van der Waals surface area contributed by atoms with E-state index in [9.17, 15) is 14.4 Å². The summed E-state index contributed by atoms with van der Waals surface area (Å²) in [7, 11) is 1.32. The number of halogens is 1. The van der Waals surface area contributed by atoms with Crippen molar-refractivity contribution < 1.29 is 28.6 Å². The summed E-state index contributed by atoms with van der Waals surface area (Å²) in [5, 5.41) is 0.712. The van der Waals surface area contributed by atoms with Crippen LogP contribution in [0.25, 0.3) is 0 Å². The lowest BCUT2D eigenvalue weighted by Gasteiger charge is -2.38. The van der Waals surface area contributed by atoms with Crippen LogP contribution in [-0.4, -0.2) is 44.0 Å². The summed E-state index contributed by atoms with van der Waals surface area (Å²) in [6.45, 7) is 7.26. The highest BCUT2D eigenvalue weighted by atomic mass is 35.5. The van der Waals surface area contributed by atoms with Crippen LogP contribution in [0, 0.1) is 11.8 Å². The van der Waals surface area contributed by atoms with Crippen LogP contribution in [0.4, 0.5) is 5.69 Å². The molecule has 0 radical (unpaired) electrons. The van der Waals surface area contributed by atoms with E-state index >= 15 is 0 Å². The van der Waals surface area contributed by atoms with Gasteiger partial charge in [0.25, 0.3) is 0 Å². The highest BCUT2D eigenvalue weighted by molar-refractivity contribution is 6.30. The van der Waals surface area contributed by atoms with Crippen molar-refractivity contribution in [1.82, 2.24) is 0 Å². The summed E-state index contributed by atoms with van der Waals surface area (Å²) in [5.41, 5.74) is 3.12. The van der Waals surface area contributed by atoms with Crippen molar-refractivity contribution in [3.63, 3.8) is 0 Å². The molecule has 1 fully saturated rings. The summed E-state index contributed by atoms with van der Waals surface area (Å²) in [6, 6.07) is 11.5. The number of fused-ring (bicyclic) bond motifs is 2. The number of aryl methyl sites for hydroxylation is 1. The Kier molecular flexibility index (Phi) is 9.77. The summed E-state index contributed by atoms with van der Waals surface area (Å²) in [4.78, 5) is 39.5. The maximum atomic E-state index is 12.9. The van der Waals surface area contributed by atoms with E-state index in [-0.39, 0.29) is 18.3 Å². The lowest BCUT2D eigenvalue weighted by atomic mass is 9.74. The molecule has 7 nitrogen and oxygen atoms in total. The average molecular weight is 570 g/mol. The first kappa shape index (κ1) is 29.9. The van der Waals surface area contributed by atoms with Crippen molar-refractivity contribution >= 4 is 35.5 Å². The van der Waals surface area contributed by atoms with Gasteiger partial charge in [-0.05, 0) is 99.7 Å². The molecular weight excluding hydrogens is 530 g/mol. The van der Waals surface area contributed by atoms with Gasteiger partial charge in [-0.3, -0.25) is 9.59 Å². The molecule has 0 unspecified atom stereocenters. The Morgan fingerprint density at radius 3 is 2.60 bits per heavy atom. The molecule has 3 atom stereocenters. The Bertz CT molecular complexity index is 1220. The van der Waals surface area contributed by atoms with E-state index in [1.165, 1.54) is 12.7 Å². The smallest absolute Gasteiger partial charge is 0.313 e. The minimum Gasteiger partial charge on any atom is -0.487 e. The monoisotopic (exact) mass is 569 g/mol. The number of anilines is 1. The third-order valence-electron chi connectivity index (χ3n) is 7.78. The number of carbonyl (C=O) groups excluding carboxylic acids is 3. The fourth-order valence-corrected chi connectivity index (χ4v) is 5.68. The molecule has 0 amide bonds. The summed E-state index contributed by atoms with van der Waals surface area (Å²) in [5.74, 6) is -0.763. The van der Waals surface area contributed by atoms with Gasteiger partial charge < -0.3 is 23.9 Å². The number of aldehydes is 1. The average Bonchev–Trinajstić information content (AvgIpc) is 2.91. The van der Waals surface area contributed by atoms with Crippen LogP contribution in [0.15, 0.2) is 36.4 Å². The van der Waals surface area contributed by atoms with Crippen molar-refractivity contribution in [2.24, 2.45) is 11.8 Å². The normalized spacial score (nSPS) is 20.0. The Morgan fingerprint density at radius 1 is 1.12 bits per heavy atom. The fraction of sp³-hybridized carbons (Fsp3) is 0.531. The number of benzene rings is 2. The van der Waals surface area contributed by atoms with Gasteiger partial charge in [0, 0.05) is 24.0 Å². The first-order valence-corrected chi connectivity index (χ1v) is 14.5. The molecule has 8 heteroatoms. The zero-order valence-electron chi connectivity index (χ0n) is 23.9. The second-order valence-corrected chi connectivity index (χ2v) is 12.3. The van der Waals surface area contributed by atoms with E-state index in [1.54, 1.807) is 20.8 Å². The van der Waals surface area contributed by atoms with E-state index in [2.05, 4.69) is 4.90 Å². The van der Waals surface area contributed by atoms with Gasteiger partial charge >= 0.3 is 11.9 Å². The zero-order valence-corrected chi connectivity index (χ0v) is 24.7. The van der Waals surface area contributed by atoms with E-state index in [1.807, 2.05) is 36.4 Å². The predicted octanol–water partition coefficient (Wildman–Crippen LogP) is 6.28. The molecule has 1 heterocycles. The van der Waals surface area contributed by atoms with Crippen LogP contribution in [0.3, 0.4) is 0 Å². The molecule has 2 aliphatic rings. The number of rotatable bonds is 7. The Hall–Kier alpha value is -3.06. The molecule has 0 spiro atoms. The van der Waals surface area contributed by atoms with Gasteiger partial charge in [-0.15, -0.1) is 0 Å². The topological polar surface area (TPSA) is 82.1 Å². The molecule has 4 rings (SSSR count). The van der Waals surface area contributed by atoms with Gasteiger partial charge in [-0.2, -0.15) is 0 Å². The van der Waals surface area contributed by atoms with Gasteiger partial charge in [-0.25, -0.2) is 0 Å². The van der Waals surface area contributed by atoms with Gasteiger partial charge in [-0.1, -0.05) is 23.7 Å². The number of carbonyl (C=O) groups is 3. The van der Waals surface area contributed by atoms with Crippen LogP contribution in [0.1, 0.15) is 75.5 Å². The minimum absolute atomic E-state index is 0.0621. The molecule has 0 bridgehead atoms. The minimum atomic E-state index is -0.820. The molecule has 0 N–H and O–H groups in total. The predicted molar refractivity (Wildman–Crippen MR) is 155 cm³/mol. The number of methoxy groups -OCH3 is 1. The van der Waals surface area contributed by atoms with Crippen molar-refractivity contribution in [2.75, 3.05) is 25.1 Å². The van der Waals surface area contributed by atoms with Crippen LogP contribution < -0.4 is 9.64 Å². The third kappa shape index (κ3) is 7.57. The molecule has 2 aromatic carbocycles. The van der Waals surface area contributed by atoms with E-state index in [0.717, 1.165) is 62.7 Å². The van der Waals surface area contributed by atoms with E-state index in [0.29, 0.717) is 22.9 Å². The fourth-order valence-electron chi connectivity index (χ4n) is 5.49. The van der Waals surface area contributed by atoms with Gasteiger partial charge in [0.05, 0.1) is 25.1 Å². The number of nitrogens with zero attached hydrogens (tertiary/aromatic N) is 1. The van der Waals surface area contributed by atoms with Crippen molar-refractivity contribution in [3.05, 3.63) is 58.1 Å². The highest BCUT2D eigenvalue weighted by Crippen LogP contribution is 2.39. The SMILES string of the molecule is COC(=O)[C@H](CC(=O)OC(C)(C)C)c1ccc2c(c1)N(C[C@@H]1CC[C@H]1C=O)CCCCc1cc(Cl)ccc1CO2. The molecule has 2 aromatic rings. The van der Waals surface area contributed by atoms with Crippen LogP contribution in [0.5, 0.6) is 5.75 Å². The number of hydrogen-bond donors (Lipinski definition) is 0. The zero-order chi connectivity index (χ0) is 28.9. The Morgan fingerprint density at radius 2 is 1.93 bits per heavy atom. The van der Waals surface area contributed by atoms with Crippen LogP contribution in [0.2, 0.25) is 5.02 Å². The number of hydrogen-bond acceptors (Lipinski definition) is 7. The van der Waals surface area contributed by atoms with Gasteiger partial charge in [0.1, 0.15) is 24.2 Å². The molecule has 1 aliphatic heterocycles. The van der Waals surface area contributed by atoms with Crippen molar-refractivity contribution in [3.8, 4) is 5.75 Å². The largest absolute Gasteiger partial charge is 0.487 e. The van der Waals surface area contributed by atoms with Crippen molar-refractivity contribution in [1.29, 1.82) is 0 Å². The molecule has 1 aliphatic carbocycles. The standard InChI is InChI=1S/C32H40ClNO6/c1-32(2,3)40-30(36)17-27(31(37)38-4)22-11-13-29-28(16-22)34(18-23-8-9-24(23)19-35)14-6-5-7-21-15-26(33)12-10-25(21)20-39-29/h10-13,15-16,19,23-24,27H,5-9,14,17-18,20H2,1-4H3/t23-,24-,27+/m0/s1. The quantitative estimate of drug-likeness (QED) is 0.287. The maximum Gasteiger partial charge on any atom is 0.313 e. The second-order valence-electron chi connectivity index (χ2n) is 11.8. The molecule has 0 saturated heterocycles. The summed E-state index contributed by atoms with van der Waals surface area (Å²) in [6.07, 6.45) is 5.67. The molecule has 1 saturated carbocycles. The van der Waals surface area contributed by atoms with E-state index in [4.69, 9.17) is 25.8 Å². The molecule has 216 valence electrons.